The predicted molar refractivity (Wildman–Crippen MR) is 116 cm³/mol. The molecule has 7 nitrogen and oxygen atoms in total. The molecule has 32 heavy (non-hydrogen) atoms. The van der Waals surface area contributed by atoms with Crippen molar-refractivity contribution in [2.75, 3.05) is 35.5 Å². The molecule has 0 spiro atoms. The van der Waals surface area contributed by atoms with Crippen LogP contribution >= 0.6 is 0 Å². The molecule has 2 aromatic rings. The number of amides is 2. The van der Waals surface area contributed by atoms with Crippen LogP contribution < -0.4 is 9.62 Å². The lowest BCUT2D eigenvalue weighted by Crippen LogP contribution is -2.38. The van der Waals surface area contributed by atoms with E-state index >= 15 is 0 Å². The highest BCUT2D eigenvalue weighted by Crippen LogP contribution is 2.32. The van der Waals surface area contributed by atoms with E-state index in [2.05, 4.69) is 5.32 Å². The molecule has 0 saturated carbocycles. The second-order valence-electron chi connectivity index (χ2n) is 6.89. The van der Waals surface area contributed by atoms with Gasteiger partial charge in [0.1, 0.15) is 6.54 Å². The number of benzene rings is 2. The minimum Gasteiger partial charge on any atom is -0.339 e. The Bertz CT molecular complexity index is 1080. The summed E-state index contributed by atoms with van der Waals surface area (Å²) in [6, 6.07) is 9.92. The summed E-state index contributed by atoms with van der Waals surface area (Å²) in [5.74, 6) is -1.13. The first-order valence-electron chi connectivity index (χ1n) is 9.71. The molecule has 0 radical (unpaired) electrons. The Kier molecular flexibility index (Phi) is 7.89. The van der Waals surface area contributed by atoms with Crippen LogP contribution in [0, 0.1) is 0 Å². The third-order valence-corrected chi connectivity index (χ3v) is 5.77. The monoisotopic (exact) mass is 471 g/mol. The maximum absolute atomic E-state index is 13.0. The van der Waals surface area contributed by atoms with Gasteiger partial charge in [0.15, 0.2) is 0 Å². The van der Waals surface area contributed by atoms with E-state index in [1.54, 1.807) is 17.0 Å². The standard InChI is InChI=1S/C21H24F3N3O4S/c1-4-26(5-2)20(29)17-11-6-7-12-18(17)25-19(28)14-27(32(3,30)31)16-10-8-9-15(13-16)21(22,23)24/h6-13H,4-5,14H2,1-3H3,(H,25,28). The van der Waals surface area contributed by atoms with Crippen LogP contribution in [0.1, 0.15) is 29.8 Å². The fourth-order valence-corrected chi connectivity index (χ4v) is 3.87. The van der Waals surface area contributed by atoms with Gasteiger partial charge >= 0.3 is 6.18 Å². The normalized spacial score (nSPS) is 11.7. The summed E-state index contributed by atoms with van der Waals surface area (Å²) in [6.07, 6.45) is -3.89. The molecular formula is C21H24F3N3O4S. The minimum atomic E-state index is -4.68. The molecule has 1 N–H and O–H groups in total. The molecule has 0 saturated heterocycles. The van der Waals surface area contributed by atoms with Crippen molar-refractivity contribution in [1.82, 2.24) is 4.90 Å². The zero-order valence-corrected chi connectivity index (χ0v) is 18.6. The molecular weight excluding hydrogens is 447 g/mol. The average molecular weight is 472 g/mol. The fourth-order valence-electron chi connectivity index (χ4n) is 3.02. The summed E-state index contributed by atoms with van der Waals surface area (Å²) in [5, 5.41) is 2.50. The first kappa shape index (κ1) is 25.2. The van der Waals surface area contributed by atoms with E-state index in [0.717, 1.165) is 18.4 Å². The van der Waals surface area contributed by atoms with E-state index in [1.807, 2.05) is 13.8 Å². The van der Waals surface area contributed by atoms with Gasteiger partial charge in [-0.1, -0.05) is 18.2 Å². The first-order valence-corrected chi connectivity index (χ1v) is 11.6. The number of hydrogen-bond acceptors (Lipinski definition) is 4. The number of nitrogens with zero attached hydrogens (tertiary/aromatic N) is 2. The molecule has 0 heterocycles. The number of sulfonamides is 1. The Morgan fingerprint density at radius 3 is 2.19 bits per heavy atom. The maximum atomic E-state index is 13.0. The molecule has 0 unspecified atom stereocenters. The van der Waals surface area contributed by atoms with Crippen molar-refractivity contribution in [2.45, 2.75) is 20.0 Å². The summed E-state index contributed by atoms with van der Waals surface area (Å²) >= 11 is 0. The van der Waals surface area contributed by atoms with Gasteiger partial charge in [-0.3, -0.25) is 13.9 Å². The third-order valence-electron chi connectivity index (χ3n) is 4.63. The summed E-state index contributed by atoms with van der Waals surface area (Å²) in [4.78, 5) is 26.9. The second-order valence-corrected chi connectivity index (χ2v) is 8.80. The van der Waals surface area contributed by atoms with Gasteiger partial charge in [-0.05, 0) is 44.2 Å². The number of halogens is 3. The summed E-state index contributed by atoms with van der Waals surface area (Å²) in [5.41, 5.74) is -0.953. The molecule has 0 fully saturated rings. The van der Waals surface area contributed by atoms with E-state index < -0.39 is 34.2 Å². The molecule has 0 aromatic heterocycles. The van der Waals surface area contributed by atoms with Gasteiger partial charge in [0.2, 0.25) is 15.9 Å². The van der Waals surface area contributed by atoms with Crippen LogP contribution in [0.25, 0.3) is 0 Å². The SMILES string of the molecule is CCN(CC)C(=O)c1ccccc1NC(=O)CN(c1cccc(C(F)(F)F)c1)S(C)(=O)=O. The molecule has 0 bridgehead atoms. The molecule has 2 aromatic carbocycles. The van der Waals surface area contributed by atoms with Crippen LogP contribution in [0.15, 0.2) is 48.5 Å². The van der Waals surface area contributed by atoms with Crippen LogP contribution in [0.4, 0.5) is 24.5 Å². The number of hydrogen-bond donors (Lipinski definition) is 1. The Balaban J connectivity index is 2.32. The maximum Gasteiger partial charge on any atom is 0.416 e. The minimum absolute atomic E-state index is 0.173. The van der Waals surface area contributed by atoms with Crippen molar-refractivity contribution in [2.24, 2.45) is 0 Å². The highest BCUT2D eigenvalue weighted by Gasteiger charge is 2.32. The lowest BCUT2D eigenvalue weighted by molar-refractivity contribution is -0.137. The van der Waals surface area contributed by atoms with Crippen molar-refractivity contribution >= 4 is 33.2 Å². The lowest BCUT2D eigenvalue weighted by Gasteiger charge is -2.24. The summed E-state index contributed by atoms with van der Waals surface area (Å²) < 4.78 is 64.1. The Hall–Kier alpha value is -3.08. The number of alkyl halides is 3. The average Bonchev–Trinajstić information content (AvgIpc) is 2.72. The van der Waals surface area contributed by atoms with E-state index in [4.69, 9.17) is 0 Å². The molecule has 0 aliphatic heterocycles. The zero-order chi connectivity index (χ0) is 24.1. The van der Waals surface area contributed by atoms with E-state index in [-0.39, 0.29) is 22.8 Å². The smallest absolute Gasteiger partial charge is 0.339 e. The van der Waals surface area contributed by atoms with Gasteiger partial charge in [-0.15, -0.1) is 0 Å². The zero-order valence-electron chi connectivity index (χ0n) is 17.8. The molecule has 0 aliphatic carbocycles. The number of anilines is 2. The van der Waals surface area contributed by atoms with E-state index in [0.29, 0.717) is 23.5 Å². The predicted octanol–water partition coefficient (Wildman–Crippen LogP) is 3.59. The van der Waals surface area contributed by atoms with Crippen LogP contribution in [0.2, 0.25) is 0 Å². The first-order chi connectivity index (χ1) is 14.9. The Morgan fingerprint density at radius 1 is 1.00 bits per heavy atom. The van der Waals surface area contributed by atoms with Crippen molar-refractivity contribution < 1.29 is 31.2 Å². The van der Waals surface area contributed by atoms with Crippen molar-refractivity contribution in [3.05, 3.63) is 59.7 Å². The van der Waals surface area contributed by atoms with Crippen molar-refractivity contribution in [3.63, 3.8) is 0 Å². The van der Waals surface area contributed by atoms with Crippen LogP contribution in [0.5, 0.6) is 0 Å². The molecule has 0 aliphatic rings. The van der Waals surface area contributed by atoms with Crippen LogP contribution in [-0.4, -0.2) is 51.0 Å². The van der Waals surface area contributed by atoms with Crippen LogP contribution in [-0.2, 0) is 21.0 Å². The molecule has 11 heteroatoms. The third kappa shape index (κ3) is 6.22. The van der Waals surface area contributed by atoms with E-state index in [9.17, 15) is 31.2 Å². The number of carbonyl (C=O) groups is 2. The number of para-hydroxylation sites is 1. The lowest BCUT2D eigenvalue weighted by atomic mass is 10.1. The topological polar surface area (TPSA) is 86.8 Å². The Labute approximate surface area is 184 Å². The van der Waals surface area contributed by atoms with Gasteiger partial charge in [0.25, 0.3) is 5.91 Å². The van der Waals surface area contributed by atoms with Crippen LogP contribution in [0.3, 0.4) is 0 Å². The highest BCUT2D eigenvalue weighted by atomic mass is 32.2. The van der Waals surface area contributed by atoms with E-state index in [1.165, 1.54) is 18.2 Å². The summed E-state index contributed by atoms with van der Waals surface area (Å²) in [6.45, 7) is 3.75. The van der Waals surface area contributed by atoms with Gasteiger partial charge in [-0.25, -0.2) is 8.42 Å². The number of nitrogens with one attached hydrogen (secondary N) is 1. The quantitative estimate of drug-likeness (QED) is 0.638. The molecule has 174 valence electrons. The molecule has 2 amide bonds. The highest BCUT2D eigenvalue weighted by molar-refractivity contribution is 7.92. The largest absolute Gasteiger partial charge is 0.416 e. The number of carbonyl (C=O) groups excluding carboxylic acids is 2. The van der Waals surface area contributed by atoms with Gasteiger partial charge in [-0.2, -0.15) is 13.2 Å². The molecule has 0 atom stereocenters. The van der Waals surface area contributed by atoms with Crippen molar-refractivity contribution in [1.29, 1.82) is 0 Å². The number of rotatable bonds is 8. The summed E-state index contributed by atoms with van der Waals surface area (Å²) in [7, 11) is -4.09. The van der Waals surface area contributed by atoms with Crippen molar-refractivity contribution in [3.8, 4) is 0 Å². The Morgan fingerprint density at radius 2 is 1.62 bits per heavy atom. The fraction of sp³-hybridized carbons (Fsp3) is 0.333. The van der Waals surface area contributed by atoms with Gasteiger partial charge in [0.05, 0.1) is 28.8 Å². The van der Waals surface area contributed by atoms with Gasteiger partial charge in [0, 0.05) is 13.1 Å². The molecule has 2 rings (SSSR count). The second kappa shape index (κ2) is 10.0. The van der Waals surface area contributed by atoms with Gasteiger partial charge < -0.3 is 10.2 Å².